The van der Waals surface area contributed by atoms with Gasteiger partial charge >= 0.3 is 12.1 Å². The molecule has 4 nitrogen and oxygen atoms in total. The number of amides is 1. The maximum absolute atomic E-state index is 13.0. The summed E-state index contributed by atoms with van der Waals surface area (Å²) in [4.78, 5) is 24.2. The lowest BCUT2D eigenvalue weighted by Crippen LogP contribution is -2.18. The summed E-state index contributed by atoms with van der Waals surface area (Å²) >= 11 is 0.956. The first kappa shape index (κ1) is 18.0. The van der Waals surface area contributed by atoms with E-state index >= 15 is 0 Å². The Morgan fingerprint density at radius 3 is 2.54 bits per heavy atom. The Bertz CT molecular complexity index is 768. The average Bonchev–Trinajstić information content (AvgIpc) is 2.87. The van der Waals surface area contributed by atoms with Crippen LogP contribution >= 0.6 is 11.3 Å². The first-order chi connectivity index (χ1) is 11.2. The monoisotopic (exact) mass is 357 g/mol. The summed E-state index contributed by atoms with van der Waals surface area (Å²) in [5.41, 5.74) is -0.909. The first-order valence-electron chi connectivity index (χ1n) is 6.99. The molecule has 0 radical (unpaired) electrons. The van der Waals surface area contributed by atoms with Crippen LogP contribution in [0.1, 0.15) is 38.1 Å². The van der Waals surface area contributed by atoms with Crippen molar-refractivity contribution in [3.8, 4) is 0 Å². The molecule has 8 heteroatoms. The van der Waals surface area contributed by atoms with Crippen molar-refractivity contribution in [1.82, 2.24) is 0 Å². The SMILES string of the molecule is CCOC(=O)c1sc(NC(=O)c2ccccc2C(F)(F)F)cc1C. The highest BCUT2D eigenvalue weighted by Crippen LogP contribution is 2.33. The van der Waals surface area contributed by atoms with Gasteiger partial charge in [-0.25, -0.2) is 4.79 Å². The van der Waals surface area contributed by atoms with Crippen LogP contribution in [-0.2, 0) is 10.9 Å². The standard InChI is InChI=1S/C16H14F3NO3S/c1-3-23-15(22)13-9(2)8-12(24-13)20-14(21)10-6-4-5-7-11(10)16(17,18)19/h4-8H,3H2,1-2H3,(H,20,21). The van der Waals surface area contributed by atoms with Crippen LogP contribution in [0.2, 0.25) is 0 Å². The minimum atomic E-state index is -4.63. The van der Waals surface area contributed by atoms with Gasteiger partial charge in [-0.15, -0.1) is 11.3 Å². The van der Waals surface area contributed by atoms with Gasteiger partial charge in [0, 0.05) is 0 Å². The molecule has 1 N–H and O–H groups in total. The molecule has 128 valence electrons. The number of rotatable bonds is 4. The number of esters is 1. The van der Waals surface area contributed by atoms with Crippen molar-refractivity contribution in [3.05, 3.63) is 51.9 Å². The maximum Gasteiger partial charge on any atom is 0.417 e. The number of hydrogen-bond donors (Lipinski definition) is 1. The Kier molecular flexibility index (Phi) is 5.28. The van der Waals surface area contributed by atoms with Gasteiger partial charge in [0.05, 0.1) is 22.7 Å². The van der Waals surface area contributed by atoms with E-state index in [9.17, 15) is 22.8 Å². The number of halogens is 3. The molecule has 1 aromatic heterocycles. The second kappa shape index (κ2) is 7.04. The van der Waals surface area contributed by atoms with E-state index in [2.05, 4.69) is 5.32 Å². The zero-order valence-corrected chi connectivity index (χ0v) is 13.7. The lowest BCUT2D eigenvalue weighted by molar-refractivity contribution is -0.137. The van der Waals surface area contributed by atoms with E-state index in [0.717, 1.165) is 23.5 Å². The molecule has 2 rings (SSSR count). The minimum absolute atomic E-state index is 0.205. The Hall–Kier alpha value is -2.35. The number of ether oxygens (including phenoxy) is 1. The van der Waals surface area contributed by atoms with Crippen LogP contribution in [0.4, 0.5) is 18.2 Å². The third kappa shape index (κ3) is 3.94. The molecule has 0 atom stereocenters. The largest absolute Gasteiger partial charge is 0.462 e. The number of anilines is 1. The van der Waals surface area contributed by atoms with Crippen molar-refractivity contribution in [2.24, 2.45) is 0 Å². The second-order valence-corrected chi connectivity index (χ2v) is 5.89. The zero-order chi connectivity index (χ0) is 17.9. The van der Waals surface area contributed by atoms with Crippen molar-refractivity contribution in [2.75, 3.05) is 11.9 Å². The fourth-order valence-electron chi connectivity index (χ4n) is 2.05. The number of nitrogens with one attached hydrogen (secondary N) is 1. The molecule has 2 aromatic rings. The highest BCUT2D eigenvalue weighted by atomic mass is 32.1. The lowest BCUT2D eigenvalue weighted by atomic mass is 10.1. The summed E-state index contributed by atoms with van der Waals surface area (Å²) in [6.07, 6.45) is -4.63. The number of carbonyl (C=O) groups excluding carboxylic acids is 2. The Morgan fingerprint density at radius 1 is 1.25 bits per heavy atom. The van der Waals surface area contributed by atoms with Crippen molar-refractivity contribution < 1.29 is 27.5 Å². The molecule has 0 saturated heterocycles. The minimum Gasteiger partial charge on any atom is -0.462 e. The van der Waals surface area contributed by atoms with E-state index in [1.807, 2.05) is 0 Å². The number of alkyl halides is 3. The summed E-state index contributed by atoms with van der Waals surface area (Å²) in [7, 11) is 0. The highest BCUT2D eigenvalue weighted by Gasteiger charge is 2.35. The summed E-state index contributed by atoms with van der Waals surface area (Å²) in [6.45, 7) is 3.52. The van der Waals surface area contributed by atoms with Crippen molar-refractivity contribution in [3.63, 3.8) is 0 Å². The molecule has 24 heavy (non-hydrogen) atoms. The van der Waals surface area contributed by atoms with E-state index in [-0.39, 0.29) is 11.6 Å². The van der Waals surface area contributed by atoms with Gasteiger partial charge in [0.15, 0.2) is 0 Å². The molecule has 0 saturated carbocycles. The van der Waals surface area contributed by atoms with Crippen LogP contribution in [0.5, 0.6) is 0 Å². The fraction of sp³-hybridized carbons (Fsp3) is 0.250. The number of hydrogen-bond acceptors (Lipinski definition) is 4. The van der Waals surface area contributed by atoms with Gasteiger partial charge in [0.25, 0.3) is 5.91 Å². The summed E-state index contributed by atoms with van der Waals surface area (Å²) < 4.78 is 43.8. The average molecular weight is 357 g/mol. The summed E-state index contributed by atoms with van der Waals surface area (Å²) in [6, 6.07) is 6.04. The van der Waals surface area contributed by atoms with Crippen LogP contribution < -0.4 is 5.32 Å². The van der Waals surface area contributed by atoms with Crippen LogP contribution in [0, 0.1) is 6.92 Å². The molecule has 0 unspecified atom stereocenters. The molecule has 0 spiro atoms. The molecular formula is C16H14F3NO3S. The molecule has 0 bridgehead atoms. The van der Waals surface area contributed by atoms with E-state index < -0.39 is 29.2 Å². The highest BCUT2D eigenvalue weighted by molar-refractivity contribution is 7.18. The smallest absolute Gasteiger partial charge is 0.417 e. The summed E-state index contributed by atoms with van der Waals surface area (Å²) in [5.74, 6) is -1.42. The van der Waals surface area contributed by atoms with Gasteiger partial charge in [0.2, 0.25) is 0 Å². The molecule has 0 aliphatic rings. The molecule has 1 heterocycles. The zero-order valence-electron chi connectivity index (χ0n) is 12.9. The second-order valence-electron chi connectivity index (χ2n) is 4.84. The molecule has 0 aliphatic heterocycles. The number of benzene rings is 1. The van der Waals surface area contributed by atoms with Crippen LogP contribution in [0.25, 0.3) is 0 Å². The first-order valence-corrected chi connectivity index (χ1v) is 7.80. The third-order valence-corrected chi connectivity index (χ3v) is 4.23. The van der Waals surface area contributed by atoms with Gasteiger partial charge in [0.1, 0.15) is 4.88 Å². The van der Waals surface area contributed by atoms with Crippen LogP contribution in [0.15, 0.2) is 30.3 Å². The van der Waals surface area contributed by atoms with Gasteiger partial charge in [-0.2, -0.15) is 13.2 Å². The quantitative estimate of drug-likeness (QED) is 0.820. The Balaban J connectivity index is 2.26. The number of carbonyl (C=O) groups is 2. The third-order valence-electron chi connectivity index (χ3n) is 3.09. The Morgan fingerprint density at radius 2 is 1.92 bits per heavy atom. The van der Waals surface area contributed by atoms with E-state index in [1.165, 1.54) is 18.2 Å². The predicted molar refractivity (Wildman–Crippen MR) is 84.4 cm³/mol. The van der Waals surface area contributed by atoms with Crippen LogP contribution in [0.3, 0.4) is 0 Å². The molecular weight excluding hydrogens is 343 g/mol. The maximum atomic E-state index is 13.0. The molecule has 0 fully saturated rings. The molecule has 0 aliphatic carbocycles. The van der Waals surface area contributed by atoms with Crippen LogP contribution in [-0.4, -0.2) is 18.5 Å². The topological polar surface area (TPSA) is 55.4 Å². The lowest BCUT2D eigenvalue weighted by Gasteiger charge is -2.11. The van der Waals surface area contributed by atoms with E-state index in [0.29, 0.717) is 10.4 Å². The summed E-state index contributed by atoms with van der Waals surface area (Å²) in [5, 5.41) is 2.68. The predicted octanol–water partition coefficient (Wildman–Crippen LogP) is 4.50. The van der Waals surface area contributed by atoms with Crippen molar-refractivity contribution in [1.29, 1.82) is 0 Å². The molecule has 1 aromatic carbocycles. The number of thiophene rings is 1. The van der Waals surface area contributed by atoms with Gasteiger partial charge in [-0.3, -0.25) is 4.79 Å². The molecule has 1 amide bonds. The van der Waals surface area contributed by atoms with E-state index in [4.69, 9.17) is 4.74 Å². The number of aryl methyl sites for hydroxylation is 1. The Labute approximate surface area is 140 Å². The van der Waals surface area contributed by atoms with Gasteiger partial charge in [-0.05, 0) is 37.6 Å². The van der Waals surface area contributed by atoms with E-state index in [1.54, 1.807) is 13.8 Å². The van der Waals surface area contributed by atoms with Crippen molar-refractivity contribution in [2.45, 2.75) is 20.0 Å². The van der Waals surface area contributed by atoms with Gasteiger partial charge < -0.3 is 10.1 Å². The normalized spacial score (nSPS) is 11.2. The van der Waals surface area contributed by atoms with Crippen molar-refractivity contribution >= 4 is 28.2 Å². The fourth-order valence-corrected chi connectivity index (χ4v) is 3.01. The van der Waals surface area contributed by atoms with Gasteiger partial charge in [-0.1, -0.05) is 12.1 Å².